The van der Waals surface area contributed by atoms with Crippen molar-refractivity contribution in [2.75, 3.05) is 0 Å². The van der Waals surface area contributed by atoms with Crippen LogP contribution in [0.3, 0.4) is 0 Å². The fourth-order valence-corrected chi connectivity index (χ4v) is 2.82. The van der Waals surface area contributed by atoms with Crippen LogP contribution in [0.25, 0.3) is 6.08 Å². The van der Waals surface area contributed by atoms with Gasteiger partial charge in [-0.05, 0) is 29.3 Å². The second kappa shape index (κ2) is 5.38. The number of aromatic nitrogens is 3. The molecule has 0 spiro atoms. The van der Waals surface area contributed by atoms with E-state index in [1.54, 1.807) is 11.0 Å². The molecule has 0 amide bonds. The van der Waals surface area contributed by atoms with Crippen molar-refractivity contribution < 1.29 is 5.11 Å². The Labute approximate surface area is 134 Å². The van der Waals surface area contributed by atoms with Crippen molar-refractivity contribution in [3.8, 4) is 0 Å². The Morgan fingerprint density at radius 1 is 1.27 bits per heavy atom. The van der Waals surface area contributed by atoms with Crippen LogP contribution < -0.4 is 0 Å². The molecular weight excluding hydrogens is 298 g/mol. The largest absolute Gasteiger partial charge is 0.382 e. The Hall–Kier alpha value is -1.91. The molecule has 0 fully saturated rings. The lowest BCUT2D eigenvalue weighted by Crippen LogP contribution is -2.45. The molecule has 2 aromatic rings. The van der Waals surface area contributed by atoms with E-state index in [1.807, 2.05) is 56.3 Å². The van der Waals surface area contributed by atoms with Crippen LogP contribution in [0, 0.1) is 5.41 Å². The van der Waals surface area contributed by atoms with E-state index >= 15 is 0 Å². The van der Waals surface area contributed by atoms with Crippen molar-refractivity contribution in [1.82, 2.24) is 14.8 Å². The Bertz CT molecular complexity index is 717. The van der Waals surface area contributed by atoms with E-state index in [0.717, 1.165) is 11.1 Å². The van der Waals surface area contributed by atoms with Crippen molar-refractivity contribution in [3.63, 3.8) is 0 Å². The van der Waals surface area contributed by atoms with Crippen LogP contribution in [0.5, 0.6) is 0 Å². The molecule has 114 valence electrons. The minimum Gasteiger partial charge on any atom is -0.382 e. The summed E-state index contributed by atoms with van der Waals surface area (Å²) in [7, 11) is 0. The van der Waals surface area contributed by atoms with Gasteiger partial charge in [-0.25, -0.2) is 9.67 Å². The first-order chi connectivity index (χ1) is 10.4. The average Bonchev–Trinajstić information content (AvgIpc) is 3.04. The lowest BCUT2D eigenvalue weighted by atomic mass is 9.75. The number of hydrogen-bond donors (Lipinski definition) is 1. The Balaban J connectivity index is 1.98. The molecule has 5 heteroatoms. The minimum atomic E-state index is -1.04. The highest BCUT2D eigenvalue weighted by Crippen LogP contribution is 2.45. The van der Waals surface area contributed by atoms with E-state index in [9.17, 15) is 5.11 Å². The summed E-state index contributed by atoms with van der Waals surface area (Å²) < 4.78 is 1.66. The summed E-state index contributed by atoms with van der Waals surface area (Å²) in [6.45, 7) is 4.39. The first-order valence-electron chi connectivity index (χ1n) is 7.12. The summed E-state index contributed by atoms with van der Waals surface area (Å²) in [6.07, 6.45) is 9.09. The molecular formula is C17H18ClN3O. The Kier molecular flexibility index (Phi) is 3.67. The van der Waals surface area contributed by atoms with E-state index in [1.165, 1.54) is 6.33 Å². The molecule has 1 atom stereocenters. The maximum atomic E-state index is 11.3. The van der Waals surface area contributed by atoms with Crippen LogP contribution in [-0.2, 0) is 6.54 Å². The lowest BCUT2D eigenvalue weighted by Gasteiger charge is -2.37. The predicted octanol–water partition coefficient (Wildman–Crippen LogP) is 3.34. The number of benzene rings is 1. The third-order valence-electron chi connectivity index (χ3n) is 4.27. The molecule has 22 heavy (non-hydrogen) atoms. The molecule has 1 aliphatic rings. The predicted molar refractivity (Wildman–Crippen MR) is 87.3 cm³/mol. The van der Waals surface area contributed by atoms with Gasteiger partial charge in [0.15, 0.2) is 0 Å². The highest BCUT2D eigenvalue weighted by Gasteiger charge is 2.48. The summed E-state index contributed by atoms with van der Waals surface area (Å²) in [6, 6.07) is 7.55. The molecule has 3 rings (SSSR count). The van der Waals surface area contributed by atoms with Gasteiger partial charge in [0.25, 0.3) is 0 Å². The zero-order valence-corrected chi connectivity index (χ0v) is 13.3. The monoisotopic (exact) mass is 315 g/mol. The molecule has 0 saturated carbocycles. The third kappa shape index (κ3) is 2.60. The summed E-state index contributed by atoms with van der Waals surface area (Å²) in [4.78, 5) is 3.95. The van der Waals surface area contributed by atoms with E-state index in [2.05, 4.69) is 10.1 Å². The average molecular weight is 316 g/mol. The van der Waals surface area contributed by atoms with Crippen LogP contribution in [-0.4, -0.2) is 25.5 Å². The fourth-order valence-electron chi connectivity index (χ4n) is 2.70. The minimum absolute atomic E-state index is 0.354. The molecule has 1 N–H and O–H groups in total. The summed E-state index contributed by atoms with van der Waals surface area (Å²) >= 11 is 5.92. The topological polar surface area (TPSA) is 50.9 Å². The van der Waals surface area contributed by atoms with Crippen molar-refractivity contribution in [3.05, 3.63) is 65.2 Å². The van der Waals surface area contributed by atoms with Gasteiger partial charge in [0.1, 0.15) is 18.3 Å². The maximum Gasteiger partial charge on any atom is 0.137 e. The van der Waals surface area contributed by atoms with Gasteiger partial charge in [-0.1, -0.05) is 49.7 Å². The second-order valence-electron chi connectivity index (χ2n) is 6.16. The molecule has 1 aliphatic carbocycles. The number of halogens is 1. The van der Waals surface area contributed by atoms with E-state index in [0.29, 0.717) is 11.6 Å². The third-order valence-corrected chi connectivity index (χ3v) is 4.52. The zero-order valence-electron chi connectivity index (χ0n) is 12.6. The normalized spacial score (nSPS) is 25.0. The van der Waals surface area contributed by atoms with Gasteiger partial charge < -0.3 is 5.11 Å². The van der Waals surface area contributed by atoms with Crippen molar-refractivity contribution in [2.24, 2.45) is 5.41 Å². The van der Waals surface area contributed by atoms with Gasteiger partial charge >= 0.3 is 0 Å². The van der Waals surface area contributed by atoms with E-state index in [-0.39, 0.29) is 0 Å². The highest BCUT2D eigenvalue weighted by atomic mass is 35.5. The second-order valence-corrected chi connectivity index (χ2v) is 6.60. The Morgan fingerprint density at radius 2 is 2.00 bits per heavy atom. The molecule has 1 heterocycles. The smallest absolute Gasteiger partial charge is 0.137 e. The summed E-state index contributed by atoms with van der Waals surface area (Å²) in [5.74, 6) is 0. The fraction of sp³-hybridized carbons (Fsp3) is 0.294. The van der Waals surface area contributed by atoms with Crippen LogP contribution in [0.1, 0.15) is 19.4 Å². The molecule has 0 radical (unpaired) electrons. The van der Waals surface area contributed by atoms with Crippen LogP contribution >= 0.6 is 11.6 Å². The lowest BCUT2D eigenvalue weighted by molar-refractivity contribution is -0.0142. The molecule has 0 bridgehead atoms. The number of rotatable bonds is 3. The number of nitrogens with zero attached hydrogens (tertiary/aromatic N) is 3. The van der Waals surface area contributed by atoms with Gasteiger partial charge in [-0.2, -0.15) is 5.10 Å². The summed E-state index contributed by atoms with van der Waals surface area (Å²) in [5, 5.41) is 16.1. The molecule has 1 unspecified atom stereocenters. The summed E-state index contributed by atoms with van der Waals surface area (Å²) in [5.41, 5.74) is 0.423. The highest BCUT2D eigenvalue weighted by molar-refractivity contribution is 6.30. The number of hydrogen-bond acceptors (Lipinski definition) is 3. The zero-order chi connectivity index (χ0) is 15.8. The molecule has 0 saturated heterocycles. The first-order valence-corrected chi connectivity index (χ1v) is 7.50. The first kappa shape index (κ1) is 15.0. The quantitative estimate of drug-likeness (QED) is 0.945. The molecule has 1 aromatic carbocycles. The number of aliphatic hydroxyl groups is 1. The van der Waals surface area contributed by atoms with Crippen LogP contribution in [0.2, 0.25) is 5.02 Å². The molecule has 1 aromatic heterocycles. The van der Waals surface area contributed by atoms with Crippen molar-refractivity contribution in [1.29, 1.82) is 0 Å². The van der Waals surface area contributed by atoms with Crippen LogP contribution in [0.4, 0.5) is 0 Å². The van der Waals surface area contributed by atoms with Crippen molar-refractivity contribution >= 4 is 17.7 Å². The standard InChI is InChI=1S/C17H18ClN3O/c1-16(2)8-7-14(9-13-3-5-15(18)6-4-13)17(16,22)10-21-12-19-11-20-21/h3-9,11-12,22H,10H2,1-2H3/b14-9-. The Morgan fingerprint density at radius 3 is 2.64 bits per heavy atom. The molecule has 0 aliphatic heterocycles. The van der Waals surface area contributed by atoms with Crippen molar-refractivity contribution in [2.45, 2.75) is 26.0 Å². The van der Waals surface area contributed by atoms with Gasteiger partial charge in [0, 0.05) is 10.4 Å². The van der Waals surface area contributed by atoms with Gasteiger partial charge in [0.05, 0.1) is 6.54 Å². The van der Waals surface area contributed by atoms with Crippen LogP contribution in [0.15, 0.2) is 54.6 Å². The van der Waals surface area contributed by atoms with Gasteiger partial charge in [-0.3, -0.25) is 0 Å². The molecule has 4 nitrogen and oxygen atoms in total. The van der Waals surface area contributed by atoms with E-state index < -0.39 is 11.0 Å². The SMILES string of the molecule is CC1(C)C=C/C(=C/c2ccc(Cl)cc2)C1(O)Cn1cncn1. The van der Waals surface area contributed by atoms with E-state index in [4.69, 9.17) is 11.6 Å². The van der Waals surface area contributed by atoms with Gasteiger partial charge in [-0.15, -0.1) is 0 Å². The maximum absolute atomic E-state index is 11.3. The van der Waals surface area contributed by atoms with Gasteiger partial charge in [0.2, 0.25) is 0 Å².